The Hall–Kier alpha value is 0.0839. The van der Waals surface area contributed by atoms with Crippen molar-refractivity contribution in [2.75, 3.05) is 14.1 Å². The molecule has 0 aromatic heterocycles. The minimum atomic E-state index is 0. The summed E-state index contributed by atoms with van der Waals surface area (Å²) in [6, 6.07) is 0. The smallest absolute Gasteiger partial charge is 0.00456 e. The second-order valence-electron chi connectivity index (χ2n) is 2.78. The first-order valence-electron chi connectivity index (χ1n) is 3.56. The average molecular weight is 238 g/mol. The fourth-order valence-electron chi connectivity index (χ4n) is 0.925. The Morgan fingerprint density at radius 1 is 1.42 bits per heavy atom. The monoisotopic (exact) mass is 238 g/mol. The van der Waals surface area contributed by atoms with Crippen molar-refractivity contribution in [1.29, 1.82) is 0 Å². The molecule has 1 aliphatic heterocycles. The van der Waals surface area contributed by atoms with Gasteiger partial charge in [0.15, 0.2) is 0 Å². The standard InChI is InChI=1S/C9H13N2.Y/c1-8-5-6-9(2)11(7-8)10(3)4;/h5-6H,2H2,1,3-4H3;/q-1;. The average Bonchev–Trinajstić information content (AvgIpc) is 1.94. The molecule has 1 heterocycles. The molecule has 1 rings (SSSR count). The van der Waals surface area contributed by atoms with Crippen LogP contribution in [0.4, 0.5) is 0 Å². The molecule has 0 atom stereocenters. The molecule has 0 aromatic carbocycles. The van der Waals surface area contributed by atoms with E-state index < -0.39 is 0 Å². The van der Waals surface area contributed by atoms with Gasteiger partial charge in [0.1, 0.15) is 0 Å². The van der Waals surface area contributed by atoms with E-state index >= 15 is 0 Å². The van der Waals surface area contributed by atoms with Gasteiger partial charge in [-0.25, -0.2) is 5.01 Å². The van der Waals surface area contributed by atoms with Crippen LogP contribution in [-0.4, -0.2) is 24.1 Å². The molecule has 63 valence electrons. The summed E-state index contributed by atoms with van der Waals surface area (Å²) < 4.78 is 0. The van der Waals surface area contributed by atoms with Crippen molar-refractivity contribution in [3.63, 3.8) is 0 Å². The van der Waals surface area contributed by atoms with Crippen LogP contribution in [0.3, 0.4) is 0 Å². The van der Waals surface area contributed by atoms with Gasteiger partial charge in [-0.1, -0.05) is 18.8 Å². The number of rotatable bonds is 1. The van der Waals surface area contributed by atoms with Gasteiger partial charge in [-0.05, 0) is 0 Å². The Morgan fingerprint density at radius 2 is 2.00 bits per heavy atom. The van der Waals surface area contributed by atoms with Crippen molar-refractivity contribution in [3.8, 4) is 0 Å². The maximum atomic E-state index is 3.87. The fourth-order valence-corrected chi connectivity index (χ4v) is 0.925. The minimum Gasteiger partial charge on any atom is -0.390 e. The van der Waals surface area contributed by atoms with Crippen LogP contribution in [0.2, 0.25) is 0 Å². The molecule has 0 unspecified atom stereocenters. The number of allylic oxidation sites excluding steroid dienone is 3. The third-order valence-corrected chi connectivity index (χ3v) is 1.48. The van der Waals surface area contributed by atoms with Crippen LogP contribution in [0, 0.1) is 6.20 Å². The third kappa shape index (κ3) is 2.85. The number of hydrazine groups is 1. The summed E-state index contributed by atoms with van der Waals surface area (Å²) >= 11 is 0. The number of nitrogens with zero attached hydrogens (tertiary/aromatic N) is 2. The van der Waals surface area contributed by atoms with E-state index in [9.17, 15) is 0 Å². The predicted octanol–water partition coefficient (Wildman–Crippen LogP) is 1.55. The Bertz CT molecular complexity index is 229. The van der Waals surface area contributed by atoms with E-state index in [-0.39, 0.29) is 32.7 Å². The van der Waals surface area contributed by atoms with Crippen LogP contribution < -0.4 is 0 Å². The van der Waals surface area contributed by atoms with Crippen LogP contribution in [0.25, 0.3) is 0 Å². The van der Waals surface area contributed by atoms with E-state index in [1.807, 2.05) is 43.2 Å². The molecule has 0 aliphatic carbocycles. The second kappa shape index (κ2) is 4.95. The molecule has 0 aromatic rings. The van der Waals surface area contributed by atoms with Crippen molar-refractivity contribution in [2.24, 2.45) is 0 Å². The van der Waals surface area contributed by atoms with E-state index in [0.29, 0.717) is 0 Å². The number of hydrogen-bond acceptors (Lipinski definition) is 2. The van der Waals surface area contributed by atoms with E-state index in [2.05, 4.69) is 12.8 Å². The summed E-state index contributed by atoms with van der Waals surface area (Å²) in [5.41, 5.74) is 2.06. The van der Waals surface area contributed by atoms with Gasteiger partial charge in [0.05, 0.1) is 0 Å². The molecule has 0 saturated carbocycles. The molecular weight excluding hydrogens is 225 g/mol. The summed E-state index contributed by atoms with van der Waals surface area (Å²) in [7, 11) is 3.93. The summed E-state index contributed by atoms with van der Waals surface area (Å²) in [5, 5.41) is 3.82. The quantitative estimate of drug-likeness (QED) is 0.639. The SMILES string of the molecule is C=C1C=CC(C)=[C-]N1N(C)C.[Y]. The van der Waals surface area contributed by atoms with Crippen LogP contribution >= 0.6 is 0 Å². The van der Waals surface area contributed by atoms with Crippen LogP contribution in [0.5, 0.6) is 0 Å². The summed E-state index contributed by atoms with van der Waals surface area (Å²) in [4.78, 5) is 0. The Kier molecular flexibility index (Phi) is 4.99. The van der Waals surface area contributed by atoms with Crippen LogP contribution in [0.15, 0.2) is 30.0 Å². The van der Waals surface area contributed by atoms with Gasteiger partial charge in [-0.15, -0.1) is 18.2 Å². The van der Waals surface area contributed by atoms with Crippen molar-refractivity contribution in [2.45, 2.75) is 6.92 Å². The summed E-state index contributed by atoms with van der Waals surface area (Å²) in [6.07, 6.45) is 7.14. The number of hydrogen-bond donors (Lipinski definition) is 0. The predicted molar refractivity (Wildman–Crippen MR) is 46.2 cm³/mol. The van der Waals surface area contributed by atoms with E-state index in [1.54, 1.807) is 0 Å². The van der Waals surface area contributed by atoms with E-state index in [0.717, 1.165) is 11.3 Å². The van der Waals surface area contributed by atoms with Crippen molar-refractivity contribution in [3.05, 3.63) is 36.2 Å². The third-order valence-electron chi connectivity index (χ3n) is 1.48. The fraction of sp³-hybridized carbons (Fsp3) is 0.333. The zero-order valence-corrected chi connectivity index (χ0v) is 10.7. The Labute approximate surface area is 99.5 Å². The van der Waals surface area contributed by atoms with Gasteiger partial charge >= 0.3 is 0 Å². The molecule has 0 N–H and O–H groups in total. The van der Waals surface area contributed by atoms with Crippen LogP contribution in [-0.2, 0) is 32.7 Å². The van der Waals surface area contributed by atoms with Gasteiger partial charge < -0.3 is 5.01 Å². The first-order chi connectivity index (χ1) is 5.11. The molecule has 12 heavy (non-hydrogen) atoms. The molecular formula is C9H13N2Y-. The first-order valence-corrected chi connectivity index (χ1v) is 3.56. The Morgan fingerprint density at radius 3 is 2.42 bits per heavy atom. The molecule has 0 spiro atoms. The largest absolute Gasteiger partial charge is 0.390 e. The zero-order valence-electron chi connectivity index (χ0n) is 7.83. The molecule has 1 aliphatic rings. The van der Waals surface area contributed by atoms with Gasteiger partial charge in [0.2, 0.25) is 0 Å². The molecule has 0 fully saturated rings. The van der Waals surface area contributed by atoms with E-state index in [4.69, 9.17) is 0 Å². The van der Waals surface area contributed by atoms with Crippen LogP contribution in [0.1, 0.15) is 6.92 Å². The van der Waals surface area contributed by atoms with Gasteiger partial charge in [-0.2, -0.15) is 6.08 Å². The molecule has 1 radical (unpaired) electrons. The topological polar surface area (TPSA) is 6.48 Å². The van der Waals surface area contributed by atoms with Crippen molar-refractivity contribution < 1.29 is 32.7 Å². The maximum Gasteiger partial charge on any atom is 0.00456 e. The molecule has 0 bridgehead atoms. The van der Waals surface area contributed by atoms with Gasteiger partial charge in [0, 0.05) is 46.8 Å². The minimum absolute atomic E-state index is 0. The van der Waals surface area contributed by atoms with Gasteiger partial charge in [-0.3, -0.25) is 0 Å². The Balaban J connectivity index is 0.00000121. The molecule has 0 amide bonds. The van der Waals surface area contributed by atoms with Crippen molar-refractivity contribution >= 4 is 0 Å². The maximum absolute atomic E-state index is 3.87. The second-order valence-corrected chi connectivity index (χ2v) is 2.78. The summed E-state index contributed by atoms with van der Waals surface area (Å²) in [6.45, 7) is 5.89. The molecule has 2 nitrogen and oxygen atoms in total. The normalized spacial score (nSPS) is 16.2. The van der Waals surface area contributed by atoms with Gasteiger partial charge in [0.25, 0.3) is 0 Å². The van der Waals surface area contributed by atoms with E-state index in [1.165, 1.54) is 0 Å². The molecule has 0 saturated heterocycles. The van der Waals surface area contributed by atoms with Crippen molar-refractivity contribution in [1.82, 2.24) is 10.0 Å². The zero-order chi connectivity index (χ0) is 8.43. The first kappa shape index (κ1) is 12.1. The summed E-state index contributed by atoms with van der Waals surface area (Å²) in [5.74, 6) is 0. The molecule has 3 heteroatoms.